The van der Waals surface area contributed by atoms with Crippen LogP contribution in [0.1, 0.15) is 58.3 Å². The zero-order chi connectivity index (χ0) is 22.2. The van der Waals surface area contributed by atoms with Crippen LogP contribution in [0.25, 0.3) is 10.9 Å². The molecular formula is C23H26ClN5O3. The quantitative estimate of drug-likeness (QED) is 0.560. The Hall–Kier alpha value is -2.84. The highest BCUT2D eigenvalue weighted by molar-refractivity contribution is 6.31. The Bertz CT molecular complexity index is 1170. The standard InChI is InChI=1S/C23H26ClN5O3/c1-29-9-8-18-20(12-29)32-23(28-18)22(31)27-17-5-3-2-4-16(17)26-21(30)19-11-13-10-14(24)6-7-15(13)25-19/h6-7,10-11,16-17,25H,2-5,8-9,12H2,1H3,(H,26,30)(H,27,31)/t16-,17-/m0/s1. The number of carbonyl (C=O) groups excluding carboxylic acids is 2. The number of benzene rings is 1. The van der Waals surface area contributed by atoms with Crippen molar-refractivity contribution in [3.8, 4) is 0 Å². The summed E-state index contributed by atoms with van der Waals surface area (Å²) in [4.78, 5) is 35.4. The molecule has 2 aromatic heterocycles. The van der Waals surface area contributed by atoms with Gasteiger partial charge in [-0.15, -0.1) is 0 Å². The average Bonchev–Trinajstić information content (AvgIpc) is 3.38. The van der Waals surface area contributed by atoms with Crippen molar-refractivity contribution in [1.82, 2.24) is 25.5 Å². The fourth-order valence-corrected chi connectivity index (χ4v) is 4.78. The monoisotopic (exact) mass is 455 g/mol. The number of hydrogen-bond donors (Lipinski definition) is 3. The molecule has 8 nitrogen and oxygen atoms in total. The van der Waals surface area contributed by atoms with Gasteiger partial charge >= 0.3 is 5.91 Å². The molecule has 5 rings (SSSR count). The van der Waals surface area contributed by atoms with E-state index in [4.69, 9.17) is 16.0 Å². The summed E-state index contributed by atoms with van der Waals surface area (Å²) in [6.07, 6.45) is 4.37. The van der Waals surface area contributed by atoms with Gasteiger partial charge in [-0.3, -0.25) is 14.5 Å². The van der Waals surface area contributed by atoms with Crippen LogP contribution < -0.4 is 10.6 Å². The van der Waals surface area contributed by atoms with E-state index in [0.29, 0.717) is 17.3 Å². The van der Waals surface area contributed by atoms with E-state index < -0.39 is 0 Å². The van der Waals surface area contributed by atoms with Crippen LogP contribution >= 0.6 is 11.6 Å². The maximum atomic E-state index is 12.9. The van der Waals surface area contributed by atoms with E-state index in [0.717, 1.165) is 61.0 Å². The zero-order valence-corrected chi connectivity index (χ0v) is 18.7. The van der Waals surface area contributed by atoms with Crippen LogP contribution in [0, 0.1) is 0 Å². The second-order valence-electron chi connectivity index (χ2n) is 8.74. The van der Waals surface area contributed by atoms with Gasteiger partial charge in [-0.2, -0.15) is 0 Å². The largest absolute Gasteiger partial charge is 0.436 e. The predicted octanol–water partition coefficient (Wildman–Crippen LogP) is 3.27. The van der Waals surface area contributed by atoms with E-state index in [2.05, 4.69) is 25.5 Å². The fraction of sp³-hybridized carbons (Fsp3) is 0.435. The molecule has 2 atom stereocenters. The van der Waals surface area contributed by atoms with Crippen molar-refractivity contribution in [2.24, 2.45) is 0 Å². The summed E-state index contributed by atoms with van der Waals surface area (Å²) in [6, 6.07) is 6.92. The third kappa shape index (κ3) is 4.25. The molecule has 0 radical (unpaired) electrons. The first-order chi connectivity index (χ1) is 15.5. The molecule has 1 aliphatic heterocycles. The molecule has 0 unspecified atom stereocenters. The molecule has 1 aromatic carbocycles. The van der Waals surface area contributed by atoms with Gasteiger partial charge < -0.3 is 20.0 Å². The predicted molar refractivity (Wildman–Crippen MR) is 121 cm³/mol. The van der Waals surface area contributed by atoms with Crippen LogP contribution in [0.3, 0.4) is 0 Å². The Labute approximate surface area is 190 Å². The number of aromatic nitrogens is 2. The number of halogens is 1. The summed E-state index contributed by atoms with van der Waals surface area (Å²) in [7, 11) is 2.02. The Morgan fingerprint density at radius 2 is 1.91 bits per heavy atom. The molecule has 3 aromatic rings. The summed E-state index contributed by atoms with van der Waals surface area (Å²) in [5.74, 6) is 0.344. The number of oxazole rings is 1. The number of carbonyl (C=O) groups is 2. The van der Waals surface area contributed by atoms with Crippen LogP contribution in [0.15, 0.2) is 28.7 Å². The first kappa shape index (κ1) is 21.0. The molecular weight excluding hydrogens is 430 g/mol. The molecule has 1 fully saturated rings. The van der Waals surface area contributed by atoms with E-state index in [1.807, 2.05) is 19.2 Å². The van der Waals surface area contributed by atoms with Crippen LogP contribution in [0.5, 0.6) is 0 Å². The molecule has 2 amide bonds. The topological polar surface area (TPSA) is 103 Å². The molecule has 32 heavy (non-hydrogen) atoms. The second kappa shape index (κ2) is 8.60. The number of amides is 2. The molecule has 0 bridgehead atoms. The minimum atomic E-state index is -0.326. The molecule has 2 aliphatic rings. The zero-order valence-electron chi connectivity index (χ0n) is 17.9. The number of aromatic amines is 1. The van der Waals surface area contributed by atoms with Gasteiger partial charge in [-0.25, -0.2) is 4.98 Å². The molecule has 1 aliphatic carbocycles. The summed E-state index contributed by atoms with van der Waals surface area (Å²) in [5.41, 5.74) is 2.19. The van der Waals surface area contributed by atoms with E-state index in [1.54, 1.807) is 12.1 Å². The molecule has 3 N–H and O–H groups in total. The van der Waals surface area contributed by atoms with Crippen LogP contribution in [0.4, 0.5) is 0 Å². The highest BCUT2D eigenvalue weighted by Crippen LogP contribution is 2.23. The molecule has 0 spiro atoms. The summed E-state index contributed by atoms with van der Waals surface area (Å²) in [5, 5.41) is 7.65. The van der Waals surface area contributed by atoms with Gasteiger partial charge in [0, 0.05) is 41.0 Å². The van der Waals surface area contributed by atoms with Crippen LogP contribution in [0.2, 0.25) is 5.02 Å². The highest BCUT2D eigenvalue weighted by atomic mass is 35.5. The van der Waals surface area contributed by atoms with E-state index >= 15 is 0 Å². The summed E-state index contributed by atoms with van der Waals surface area (Å²) in [6.45, 7) is 1.56. The number of likely N-dealkylation sites (N-methyl/N-ethyl adjacent to an activating group) is 1. The summed E-state index contributed by atoms with van der Waals surface area (Å²) >= 11 is 6.05. The average molecular weight is 456 g/mol. The number of rotatable bonds is 4. The SMILES string of the molecule is CN1CCc2nc(C(=O)N[C@H]3CCCC[C@@H]3NC(=O)c3cc4cc(Cl)ccc4[nH]3)oc2C1. The second-order valence-corrected chi connectivity index (χ2v) is 9.17. The minimum absolute atomic E-state index is 0.105. The number of H-pyrrole nitrogens is 1. The van der Waals surface area contributed by atoms with Gasteiger partial charge in [0.1, 0.15) is 11.5 Å². The molecule has 168 valence electrons. The first-order valence-corrected chi connectivity index (χ1v) is 11.4. The fourth-order valence-electron chi connectivity index (χ4n) is 4.60. The molecule has 0 saturated heterocycles. The Morgan fingerprint density at radius 3 is 2.69 bits per heavy atom. The highest BCUT2D eigenvalue weighted by Gasteiger charge is 2.31. The van der Waals surface area contributed by atoms with Crippen LogP contribution in [-0.4, -0.2) is 52.4 Å². The van der Waals surface area contributed by atoms with Gasteiger partial charge in [0.25, 0.3) is 11.8 Å². The molecule has 3 heterocycles. The van der Waals surface area contributed by atoms with E-state index in [1.165, 1.54) is 0 Å². The molecule has 1 saturated carbocycles. The van der Waals surface area contributed by atoms with Crippen molar-refractivity contribution in [2.45, 2.75) is 50.7 Å². The van der Waals surface area contributed by atoms with Gasteiger partial charge in [0.2, 0.25) is 0 Å². The van der Waals surface area contributed by atoms with Gasteiger partial charge in [-0.1, -0.05) is 24.4 Å². The van der Waals surface area contributed by atoms with Crippen molar-refractivity contribution < 1.29 is 14.0 Å². The third-order valence-corrected chi connectivity index (χ3v) is 6.58. The van der Waals surface area contributed by atoms with E-state index in [9.17, 15) is 9.59 Å². The number of fused-ring (bicyclic) bond motifs is 2. The van der Waals surface area contributed by atoms with Gasteiger partial charge in [-0.05, 0) is 44.2 Å². The minimum Gasteiger partial charge on any atom is -0.436 e. The van der Waals surface area contributed by atoms with Crippen LogP contribution in [-0.2, 0) is 13.0 Å². The molecule has 9 heteroatoms. The maximum Gasteiger partial charge on any atom is 0.307 e. The lowest BCUT2D eigenvalue weighted by atomic mass is 9.90. The van der Waals surface area contributed by atoms with Crippen molar-refractivity contribution in [3.05, 3.63) is 52.3 Å². The lowest BCUT2D eigenvalue weighted by Gasteiger charge is -2.32. The number of hydrogen-bond acceptors (Lipinski definition) is 5. The normalized spacial score (nSPS) is 21.3. The number of nitrogens with one attached hydrogen (secondary N) is 3. The van der Waals surface area contributed by atoms with Crippen molar-refractivity contribution in [1.29, 1.82) is 0 Å². The smallest absolute Gasteiger partial charge is 0.307 e. The first-order valence-electron chi connectivity index (χ1n) is 11.0. The van der Waals surface area contributed by atoms with Crippen molar-refractivity contribution in [2.75, 3.05) is 13.6 Å². The maximum absolute atomic E-state index is 12.9. The Balaban J connectivity index is 1.27. The van der Waals surface area contributed by atoms with Gasteiger partial charge in [0.05, 0.1) is 12.2 Å². The Kier molecular flexibility index (Phi) is 5.65. The lowest BCUT2D eigenvalue weighted by Crippen LogP contribution is -2.53. The Morgan fingerprint density at radius 1 is 1.16 bits per heavy atom. The third-order valence-electron chi connectivity index (χ3n) is 6.34. The number of nitrogens with zero attached hydrogens (tertiary/aromatic N) is 2. The summed E-state index contributed by atoms with van der Waals surface area (Å²) < 4.78 is 5.74. The van der Waals surface area contributed by atoms with Gasteiger partial charge in [0.15, 0.2) is 0 Å². The van der Waals surface area contributed by atoms with Crippen molar-refractivity contribution >= 4 is 34.3 Å². The van der Waals surface area contributed by atoms with E-state index in [-0.39, 0.29) is 29.8 Å². The lowest BCUT2D eigenvalue weighted by molar-refractivity contribution is 0.0839. The van der Waals surface area contributed by atoms with Crippen molar-refractivity contribution in [3.63, 3.8) is 0 Å².